The predicted octanol–water partition coefficient (Wildman–Crippen LogP) is 4.44. The van der Waals surface area contributed by atoms with Crippen LogP contribution in [0.15, 0.2) is 29.0 Å². The van der Waals surface area contributed by atoms with Crippen LogP contribution in [0, 0.1) is 5.82 Å². The number of hydrogen-bond donors (Lipinski definition) is 0. The minimum absolute atomic E-state index is 0.0605. The second-order valence-corrected chi connectivity index (χ2v) is 9.38. The van der Waals surface area contributed by atoms with Gasteiger partial charge in [-0.05, 0) is 48.8 Å². The number of benzene rings is 1. The van der Waals surface area contributed by atoms with Crippen LogP contribution in [0.3, 0.4) is 0 Å². The fraction of sp³-hybridized carbons (Fsp3) is 0.381. The quantitative estimate of drug-likeness (QED) is 0.463. The Morgan fingerprint density at radius 2 is 2.00 bits per heavy atom. The summed E-state index contributed by atoms with van der Waals surface area (Å²) in [5.74, 6) is 0.823. The van der Waals surface area contributed by atoms with Gasteiger partial charge in [-0.1, -0.05) is 0 Å². The van der Waals surface area contributed by atoms with Crippen molar-refractivity contribution in [2.45, 2.75) is 38.8 Å². The number of carbonyl (C=O) groups is 1. The molecule has 0 bridgehead atoms. The highest BCUT2D eigenvalue weighted by molar-refractivity contribution is 9.10. The van der Waals surface area contributed by atoms with E-state index in [0.717, 1.165) is 5.56 Å². The molecule has 2 aliphatic heterocycles. The fourth-order valence-electron chi connectivity index (χ4n) is 3.93. The van der Waals surface area contributed by atoms with E-state index in [9.17, 15) is 4.79 Å². The van der Waals surface area contributed by atoms with Crippen LogP contribution in [0.5, 0.6) is 11.5 Å². The molecule has 0 N–H and O–H groups in total. The molecule has 0 spiro atoms. The molecule has 0 fully saturated rings. The predicted molar refractivity (Wildman–Crippen MR) is 113 cm³/mol. The second kappa shape index (κ2) is 7.08. The van der Waals surface area contributed by atoms with E-state index in [1.807, 2.05) is 0 Å². The van der Waals surface area contributed by atoms with Crippen LogP contribution < -0.4 is 14.4 Å². The van der Waals surface area contributed by atoms with Gasteiger partial charge in [-0.15, -0.1) is 10.2 Å². The summed E-state index contributed by atoms with van der Waals surface area (Å²) in [5.41, 5.74) is 0.851. The molecule has 0 radical (unpaired) electrons. The Morgan fingerprint density at radius 1 is 1.26 bits per heavy atom. The number of fused-ring (bicyclic) bond motifs is 3. The first-order valence-corrected chi connectivity index (χ1v) is 10.6. The van der Waals surface area contributed by atoms with Crippen molar-refractivity contribution < 1.29 is 23.4 Å². The molecule has 0 unspecified atom stereocenters. The molecule has 10 heteroatoms. The van der Waals surface area contributed by atoms with Crippen molar-refractivity contribution in [2.75, 3.05) is 18.1 Å². The number of hydrogen-bond acceptors (Lipinski definition) is 6. The highest BCUT2D eigenvalue weighted by atomic mass is 79.9. The number of anilines is 1. The summed E-state index contributed by atoms with van der Waals surface area (Å²) in [4.78, 5) is 14.7. The third kappa shape index (κ3) is 3.38. The Hall–Kier alpha value is -2.88. The highest BCUT2D eigenvalue weighted by Gasteiger charge is 2.36. The average Bonchev–Trinajstić information content (AvgIpc) is 3.33. The lowest BCUT2D eigenvalue weighted by atomic mass is 9.95. The molecule has 5 rings (SSSR count). The topological polar surface area (TPSA) is 78.2 Å². The smallest absolute Gasteiger partial charge is 0.416 e. The van der Waals surface area contributed by atoms with Crippen LogP contribution in [-0.2, 0) is 11.3 Å². The number of rotatable bonds is 0. The standard InChI is InChI=1S/C21H20BrFN4O4/c1-21(2,3)31-20(28)26-7-12-14(23)4-5-15-17(12)11(8-29-15)9-30-16-6-13(22)18-25-24-10-27(18)19(16)26/h4-6,10-11H,7-9H2,1-3H3/t11-/m1/s1. The van der Waals surface area contributed by atoms with Crippen LogP contribution in [0.4, 0.5) is 15.0 Å². The summed E-state index contributed by atoms with van der Waals surface area (Å²) in [6.07, 6.45) is 0.849. The number of aromatic nitrogens is 3. The summed E-state index contributed by atoms with van der Waals surface area (Å²) in [6.45, 7) is 5.91. The lowest BCUT2D eigenvalue weighted by Crippen LogP contribution is -2.38. The molecule has 0 aliphatic carbocycles. The van der Waals surface area contributed by atoms with E-state index in [1.54, 1.807) is 37.3 Å². The van der Waals surface area contributed by atoms with Crippen LogP contribution in [0.25, 0.3) is 5.65 Å². The lowest BCUT2D eigenvalue weighted by molar-refractivity contribution is 0.0574. The largest absolute Gasteiger partial charge is 0.493 e. The molecule has 8 nitrogen and oxygen atoms in total. The Morgan fingerprint density at radius 3 is 2.74 bits per heavy atom. The number of amides is 1. The van der Waals surface area contributed by atoms with Crippen molar-refractivity contribution >= 4 is 33.5 Å². The molecule has 1 amide bonds. The zero-order valence-electron chi connectivity index (χ0n) is 17.2. The molecule has 1 atom stereocenters. The summed E-state index contributed by atoms with van der Waals surface area (Å²) in [5, 5.41) is 8.08. The monoisotopic (exact) mass is 490 g/mol. The fourth-order valence-corrected chi connectivity index (χ4v) is 4.41. The van der Waals surface area contributed by atoms with Crippen LogP contribution in [0.1, 0.15) is 37.8 Å². The molecule has 2 aromatic heterocycles. The Balaban J connectivity index is 1.75. The minimum Gasteiger partial charge on any atom is -0.493 e. The molecule has 1 aromatic carbocycles. The maximum absolute atomic E-state index is 15.1. The maximum Gasteiger partial charge on any atom is 0.416 e. The second-order valence-electron chi connectivity index (χ2n) is 8.53. The molecule has 0 saturated carbocycles. The summed E-state index contributed by atoms with van der Waals surface area (Å²) >= 11 is 3.49. The first kappa shape index (κ1) is 20.0. The van der Waals surface area contributed by atoms with E-state index in [1.165, 1.54) is 17.3 Å². The number of ether oxygens (including phenoxy) is 3. The van der Waals surface area contributed by atoms with Gasteiger partial charge in [0.25, 0.3) is 0 Å². The summed E-state index contributed by atoms with van der Waals surface area (Å²) in [6, 6.07) is 4.71. The molecular weight excluding hydrogens is 471 g/mol. The van der Waals surface area contributed by atoms with Crippen LogP contribution in [0.2, 0.25) is 0 Å². The van der Waals surface area contributed by atoms with Crippen molar-refractivity contribution in [2.24, 2.45) is 0 Å². The Labute approximate surface area is 186 Å². The van der Waals surface area contributed by atoms with Gasteiger partial charge in [-0.25, -0.2) is 9.18 Å². The van der Waals surface area contributed by atoms with Gasteiger partial charge in [0, 0.05) is 17.2 Å². The Kier molecular flexibility index (Phi) is 4.58. The van der Waals surface area contributed by atoms with Crippen LogP contribution in [-0.4, -0.2) is 39.5 Å². The lowest BCUT2D eigenvalue weighted by Gasteiger charge is -2.29. The van der Waals surface area contributed by atoms with Crippen molar-refractivity contribution in [3.63, 3.8) is 0 Å². The van der Waals surface area contributed by atoms with E-state index in [-0.39, 0.29) is 19.1 Å². The molecule has 31 heavy (non-hydrogen) atoms. The van der Waals surface area contributed by atoms with Gasteiger partial charge in [0.2, 0.25) is 0 Å². The highest BCUT2D eigenvalue weighted by Crippen LogP contribution is 2.43. The molecule has 0 saturated heterocycles. The Bertz CT molecular complexity index is 1210. The number of pyridine rings is 1. The molecule has 2 aliphatic rings. The summed E-state index contributed by atoms with van der Waals surface area (Å²) in [7, 11) is 0. The maximum atomic E-state index is 15.1. The van der Waals surface area contributed by atoms with E-state index in [0.29, 0.717) is 39.6 Å². The van der Waals surface area contributed by atoms with Gasteiger partial charge in [0.15, 0.2) is 17.2 Å². The van der Waals surface area contributed by atoms with Crippen molar-refractivity contribution in [1.82, 2.24) is 14.6 Å². The van der Waals surface area contributed by atoms with E-state index in [2.05, 4.69) is 26.1 Å². The zero-order valence-corrected chi connectivity index (χ0v) is 18.8. The SMILES string of the molecule is CC(C)(C)OC(=O)N1Cc2c(F)ccc3c2[C@H](CO3)COc2cc(Br)c3nncn3c21. The van der Waals surface area contributed by atoms with Crippen molar-refractivity contribution in [3.8, 4) is 11.5 Å². The van der Waals surface area contributed by atoms with Gasteiger partial charge in [-0.2, -0.15) is 0 Å². The van der Waals surface area contributed by atoms with Gasteiger partial charge >= 0.3 is 6.09 Å². The molecule has 4 heterocycles. The molecular formula is C21H20BrFN4O4. The van der Waals surface area contributed by atoms with E-state index < -0.39 is 17.5 Å². The van der Waals surface area contributed by atoms with Crippen molar-refractivity contribution in [1.29, 1.82) is 0 Å². The minimum atomic E-state index is -0.749. The van der Waals surface area contributed by atoms with Crippen molar-refractivity contribution in [3.05, 3.63) is 45.9 Å². The number of nitrogens with zero attached hydrogens (tertiary/aromatic N) is 4. The van der Waals surface area contributed by atoms with Gasteiger partial charge in [0.05, 0.1) is 30.1 Å². The normalized spacial score (nSPS) is 17.7. The van der Waals surface area contributed by atoms with Gasteiger partial charge in [0.1, 0.15) is 23.5 Å². The first-order chi connectivity index (χ1) is 14.7. The average molecular weight is 491 g/mol. The van der Waals surface area contributed by atoms with Gasteiger partial charge in [-0.3, -0.25) is 9.30 Å². The van der Waals surface area contributed by atoms with Crippen LogP contribution >= 0.6 is 15.9 Å². The molecule has 3 aromatic rings. The van der Waals surface area contributed by atoms with E-state index in [4.69, 9.17) is 14.2 Å². The number of halogens is 2. The zero-order chi connectivity index (χ0) is 21.9. The first-order valence-electron chi connectivity index (χ1n) is 9.82. The number of carbonyl (C=O) groups excluding carboxylic acids is 1. The summed E-state index contributed by atoms with van der Waals surface area (Å²) < 4.78 is 34.9. The van der Waals surface area contributed by atoms with Gasteiger partial charge < -0.3 is 14.2 Å². The van der Waals surface area contributed by atoms with E-state index >= 15 is 4.39 Å². The third-order valence-electron chi connectivity index (χ3n) is 5.20. The molecule has 162 valence electrons. The third-order valence-corrected chi connectivity index (χ3v) is 5.79.